The predicted octanol–water partition coefficient (Wildman–Crippen LogP) is 7.40. The highest BCUT2D eigenvalue weighted by atomic mass is 16.5. The third-order valence-electron chi connectivity index (χ3n) is 10.9. The smallest absolute Gasteiger partial charge is 0.362 e. The fourth-order valence-corrected chi connectivity index (χ4v) is 8.17. The molecule has 5 heterocycles. The summed E-state index contributed by atoms with van der Waals surface area (Å²) in [6, 6.07) is 29.8. The van der Waals surface area contributed by atoms with Gasteiger partial charge in [0.15, 0.2) is 11.4 Å². The second-order valence-electron chi connectivity index (χ2n) is 14.5. The van der Waals surface area contributed by atoms with E-state index in [2.05, 4.69) is 50.2 Å². The minimum atomic E-state index is -1.01. The number of carboxylic acids is 1. The molecule has 0 atom stereocenters. The number of carbonyl (C=O) groups is 2. The fraction of sp³-hybridized carbons (Fsp3) is 0.128. The van der Waals surface area contributed by atoms with Gasteiger partial charge in [-0.05, 0) is 98.0 Å². The lowest BCUT2D eigenvalue weighted by atomic mass is 9.88. The van der Waals surface area contributed by atoms with Crippen molar-refractivity contribution in [1.82, 2.24) is 4.98 Å². The molecule has 1 N–H and O–H groups in total. The SMILES string of the molecule is CC1=C(C(=O)O)N=c2c1c(C)c1c(c2-c2cccc(N(C)C)c2)-c2ccccc2N=1.CC1=C(C(=O)Oc2cccnc2)N=c2cc3c(c(C)c21)=Nc1ccccc1-3. The zero-order chi connectivity index (χ0) is 39.7. The number of rotatable bonds is 5. The van der Waals surface area contributed by atoms with E-state index in [1.807, 2.05) is 90.3 Å². The number of para-hydroxylation sites is 2. The fourth-order valence-electron chi connectivity index (χ4n) is 8.17. The third-order valence-corrected chi connectivity index (χ3v) is 10.9. The van der Waals surface area contributed by atoms with Gasteiger partial charge in [-0.25, -0.2) is 29.6 Å². The van der Waals surface area contributed by atoms with Gasteiger partial charge in [0.25, 0.3) is 0 Å². The molecule has 4 aliphatic rings. The topological polar surface area (TPSA) is 129 Å². The molecule has 4 aliphatic heterocycles. The lowest BCUT2D eigenvalue weighted by Crippen LogP contribution is -2.22. The van der Waals surface area contributed by atoms with Crippen LogP contribution in [0.1, 0.15) is 36.1 Å². The van der Waals surface area contributed by atoms with E-state index in [0.717, 1.165) is 99.7 Å². The Kier molecular flexibility index (Phi) is 8.35. The molecule has 6 aromatic rings. The zero-order valence-corrected chi connectivity index (χ0v) is 32.2. The largest absolute Gasteiger partial charge is 0.477 e. The Hall–Kier alpha value is -7.33. The number of hydrogen-bond donors (Lipinski definition) is 1. The molecular formula is C47H36N6O4. The van der Waals surface area contributed by atoms with Gasteiger partial charge in [0.1, 0.15) is 5.75 Å². The van der Waals surface area contributed by atoms with Crippen LogP contribution in [-0.2, 0) is 9.59 Å². The van der Waals surface area contributed by atoms with Crippen LogP contribution in [0.3, 0.4) is 0 Å². The molecule has 5 aromatic carbocycles. The number of pyridine rings is 1. The molecule has 0 aliphatic carbocycles. The first kappa shape index (κ1) is 35.4. The summed E-state index contributed by atoms with van der Waals surface area (Å²) in [4.78, 5) is 49.4. The van der Waals surface area contributed by atoms with E-state index < -0.39 is 11.9 Å². The van der Waals surface area contributed by atoms with Crippen molar-refractivity contribution in [2.75, 3.05) is 19.0 Å². The van der Waals surface area contributed by atoms with Crippen molar-refractivity contribution < 1.29 is 19.4 Å². The summed E-state index contributed by atoms with van der Waals surface area (Å²) < 4.78 is 5.42. The Morgan fingerprint density at radius 3 is 2.02 bits per heavy atom. The van der Waals surface area contributed by atoms with Gasteiger partial charge in [0.2, 0.25) is 0 Å². The number of hydrogen-bond acceptors (Lipinski definition) is 9. The first-order chi connectivity index (χ1) is 27.5. The van der Waals surface area contributed by atoms with Gasteiger partial charge in [-0.3, -0.25) is 4.98 Å². The summed E-state index contributed by atoms with van der Waals surface area (Å²) in [5, 5.41) is 13.1. The number of aromatic nitrogens is 1. The number of aliphatic carboxylic acids is 1. The van der Waals surface area contributed by atoms with Crippen LogP contribution >= 0.6 is 0 Å². The number of allylic oxidation sites excluding steroid dienone is 2. The molecule has 0 saturated carbocycles. The number of benzene rings is 5. The summed E-state index contributed by atoms with van der Waals surface area (Å²) in [5.74, 6) is -1.08. The molecule has 0 radical (unpaired) electrons. The lowest BCUT2D eigenvalue weighted by Gasteiger charge is -2.16. The van der Waals surface area contributed by atoms with Gasteiger partial charge < -0.3 is 14.7 Å². The number of anilines is 1. The molecule has 10 nitrogen and oxygen atoms in total. The molecule has 0 spiro atoms. The van der Waals surface area contributed by atoms with Crippen LogP contribution in [0.4, 0.5) is 17.1 Å². The normalized spacial score (nSPS) is 13.4. The highest BCUT2D eigenvalue weighted by Gasteiger charge is 2.30. The Morgan fingerprint density at radius 2 is 1.30 bits per heavy atom. The maximum Gasteiger partial charge on any atom is 0.362 e. The summed E-state index contributed by atoms with van der Waals surface area (Å²) in [5.41, 5.74) is 14.9. The van der Waals surface area contributed by atoms with Crippen molar-refractivity contribution >= 4 is 40.1 Å². The minimum Gasteiger partial charge on any atom is -0.477 e. The summed E-state index contributed by atoms with van der Waals surface area (Å²) in [6.45, 7) is 7.77. The van der Waals surface area contributed by atoms with Crippen LogP contribution in [-0.4, -0.2) is 36.1 Å². The van der Waals surface area contributed by atoms with Crippen molar-refractivity contribution in [3.63, 3.8) is 0 Å². The molecule has 1 aromatic heterocycles. The second kappa shape index (κ2) is 13.5. The average Bonchev–Trinajstić information content (AvgIpc) is 3.97. The van der Waals surface area contributed by atoms with Gasteiger partial charge in [-0.1, -0.05) is 48.5 Å². The van der Waals surface area contributed by atoms with Gasteiger partial charge in [0, 0.05) is 64.9 Å². The number of fused-ring (bicyclic) bond motifs is 8. The number of ether oxygens (including phenoxy) is 1. The highest BCUT2D eigenvalue weighted by molar-refractivity contribution is 6.01. The quantitative estimate of drug-likeness (QED) is 0.183. The van der Waals surface area contributed by atoms with E-state index in [1.54, 1.807) is 18.3 Å². The number of nitrogens with zero attached hydrogens (tertiary/aromatic N) is 6. The van der Waals surface area contributed by atoms with Crippen LogP contribution in [0.15, 0.2) is 135 Å². The molecule has 0 amide bonds. The first-order valence-electron chi connectivity index (χ1n) is 18.5. The molecular weight excluding hydrogens is 713 g/mol. The monoisotopic (exact) mass is 748 g/mol. The van der Waals surface area contributed by atoms with Crippen molar-refractivity contribution in [1.29, 1.82) is 0 Å². The van der Waals surface area contributed by atoms with Crippen LogP contribution in [0.5, 0.6) is 5.75 Å². The Balaban J connectivity index is 0.000000149. The predicted molar refractivity (Wildman–Crippen MR) is 220 cm³/mol. The van der Waals surface area contributed by atoms with E-state index in [0.29, 0.717) is 17.0 Å². The van der Waals surface area contributed by atoms with Crippen molar-refractivity contribution in [2.45, 2.75) is 27.7 Å². The maximum atomic E-state index is 12.6. The number of esters is 1. The van der Waals surface area contributed by atoms with E-state index >= 15 is 0 Å². The first-order valence-corrected chi connectivity index (χ1v) is 18.5. The summed E-state index contributed by atoms with van der Waals surface area (Å²) in [7, 11) is 4.01. The molecule has 57 heavy (non-hydrogen) atoms. The Bertz CT molecular complexity index is 3110. The minimum absolute atomic E-state index is 0.107. The molecule has 10 heteroatoms. The summed E-state index contributed by atoms with van der Waals surface area (Å²) in [6.07, 6.45) is 3.13. The Labute approximate surface area is 327 Å². The van der Waals surface area contributed by atoms with Crippen LogP contribution in [0, 0.1) is 13.8 Å². The van der Waals surface area contributed by atoms with Gasteiger partial charge in [-0.15, -0.1) is 0 Å². The van der Waals surface area contributed by atoms with E-state index in [4.69, 9.17) is 14.7 Å². The molecule has 0 unspecified atom stereocenters. The van der Waals surface area contributed by atoms with Crippen LogP contribution in [0.2, 0.25) is 0 Å². The van der Waals surface area contributed by atoms with Gasteiger partial charge in [-0.2, -0.15) is 0 Å². The van der Waals surface area contributed by atoms with Crippen molar-refractivity contribution in [2.24, 2.45) is 20.0 Å². The summed E-state index contributed by atoms with van der Waals surface area (Å²) >= 11 is 0. The van der Waals surface area contributed by atoms with Crippen LogP contribution in [0.25, 0.3) is 44.5 Å². The van der Waals surface area contributed by atoms with Gasteiger partial charge in [0.05, 0.1) is 39.0 Å². The van der Waals surface area contributed by atoms with E-state index in [1.165, 1.54) is 6.20 Å². The van der Waals surface area contributed by atoms with Crippen molar-refractivity contribution in [3.8, 4) is 39.1 Å². The molecule has 10 rings (SSSR count). The highest BCUT2D eigenvalue weighted by Crippen LogP contribution is 2.41. The van der Waals surface area contributed by atoms with Crippen LogP contribution < -0.4 is 31.1 Å². The molecule has 0 bridgehead atoms. The third kappa shape index (κ3) is 5.68. The molecule has 278 valence electrons. The maximum absolute atomic E-state index is 12.6. The van der Waals surface area contributed by atoms with Crippen molar-refractivity contribution in [3.05, 3.63) is 158 Å². The number of carbonyl (C=O) groups excluding carboxylic acids is 1. The molecule has 0 saturated heterocycles. The van der Waals surface area contributed by atoms with E-state index in [9.17, 15) is 14.7 Å². The Morgan fingerprint density at radius 1 is 0.614 bits per heavy atom. The average molecular weight is 749 g/mol. The van der Waals surface area contributed by atoms with E-state index in [-0.39, 0.29) is 5.70 Å². The lowest BCUT2D eigenvalue weighted by molar-refractivity contribution is -0.132. The molecule has 0 fully saturated rings. The zero-order valence-electron chi connectivity index (χ0n) is 32.2. The second-order valence-corrected chi connectivity index (χ2v) is 14.5. The number of carboxylic acid groups (broad SMARTS) is 1. The van der Waals surface area contributed by atoms with Gasteiger partial charge >= 0.3 is 11.9 Å². The standard InChI is InChI=1S/C25H21N3O2.C22H15N3O2/c1-13-19-14(2)23(25(29)30)27-24(19)20(15-8-7-9-16(12-15)28(3)4)21-17-10-5-6-11-18(17)26-22(13)21;1-12-19-13(2)21(22(26)27-14-6-5-9-23-11-14)25-18(19)10-16-15-7-3-4-8-17(15)24-20(12)16/h5-12H,1-4H3,(H,29,30);3-11H,1-2H3.